The Hall–Kier alpha value is -3.12. The number of hydrogen-bond donors (Lipinski definition) is 0. The van der Waals surface area contributed by atoms with E-state index >= 15 is 0 Å². The highest BCUT2D eigenvalue weighted by Gasteiger charge is 2.22. The van der Waals surface area contributed by atoms with E-state index in [2.05, 4.69) is 4.85 Å². The van der Waals surface area contributed by atoms with Crippen molar-refractivity contribution in [3.8, 4) is 11.3 Å². The Labute approximate surface area is 174 Å². The van der Waals surface area contributed by atoms with Crippen molar-refractivity contribution in [1.29, 1.82) is 0 Å². The van der Waals surface area contributed by atoms with E-state index in [0.29, 0.717) is 33.2 Å². The number of hydrogen-bond acceptors (Lipinski definition) is 1. The van der Waals surface area contributed by atoms with Gasteiger partial charge in [0.2, 0.25) is 11.4 Å². The molecular formula is C25H25N2O+. The molecule has 0 amide bonds. The molecule has 28 heavy (non-hydrogen) atoms. The predicted octanol–water partition coefficient (Wildman–Crippen LogP) is 6.44. The van der Waals surface area contributed by atoms with Gasteiger partial charge in [0.25, 0.3) is 0 Å². The van der Waals surface area contributed by atoms with E-state index in [4.69, 9.17) is 19.2 Å². The monoisotopic (exact) mass is 375 g/mol. The van der Waals surface area contributed by atoms with E-state index < -0.39 is 13.2 Å². The fourth-order valence-corrected chi connectivity index (χ4v) is 3.61. The summed E-state index contributed by atoms with van der Waals surface area (Å²) in [6.45, 7) is 10.6. The number of aryl methyl sites for hydroxylation is 2. The number of rotatable bonds is 3. The largest absolute Gasteiger partial charge is 0.466 e. The van der Waals surface area contributed by atoms with Crippen LogP contribution < -0.4 is 4.57 Å². The van der Waals surface area contributed by atoms with Gasteiger partial charge in [-0.25, -0.2) is 9.41 Å². The molecule has 0 N–H and O–H groups in total. The molecule has 2 aromatic heterocycles. The lowest BCUT2D eigenvalue weighted by atomic mass is 9.97. The Bertz CT molecular complexity index is 1490. The highest BCUT2D eigenvalue weighted by atomic mass is 16.3. The van der Waals surface area contributed by atoms with Crippen LogP contribution >= 0.6 is 0 Å². The van der Waals surface area contributed by atoms with E-state index in [1.807, 2.05) is 13.0 Å². The van der Waals surface area contributed by atoms with Crippen LogP contribution in [0.2, 0.25) is 0 Å². The summed E-state index contributed by atoms with van der Waals surface area (Å²) in [6, 6.07) is 9.83. The van der Waals surface area contributed by atoms with E-state index in [0.717, 1.165) is 5.56 Å². The summed E-state index contributed by atoms with van der Waals surface area (Å²) in [5, 5.41) is 0.947. The van der Waals surface area contributed by atoms with Crippen molar-refractivity contribution >= 4 is 27.6 Å². The van der Waals surface area contributed by atoms with Gasteiger partial charge in [0, 0.05) is 29.8 Å². The lowest BCUT2D eigenvalue weighted by Crippen LogP contribution is -2.31. The molecule has 0 bridgehead atoms. The second-order valence-corrected chi connectivity index (χ2v) is 7.30. The van der Waals surface area contributed by atoms with Crippen LogP contribution in [0.3, 0.4) is 0 Å². The van der Waals surface area contributed by atoms with Crippen molar-refractivity contribution in [3.63, 3.8) is 0 Å². The standard InChI is InChI=1S/C25H25N2O/c1-15(2)13-18-11-12-27(6)21(14-18)23-17(4)7-9-19-22-16(3)8-10-20(26-5)25(22)28-24(19)23/h7-12,14-15H,13H2,1-4,6H3/q+1/i3D3,12D,13D2. The molecule has 2 aromatic carbocycles. The van der Waals surface area contributed by atoms with Crippen molar-refractivity contribution in [1.82, 2.24) is 0 Å². The van der Waals surface area contributed by atoms with Crippen LogP contribution in [0.25, 0.3) is 38.0 Å². The SMILES string of the molecule is [2H]c1cc(C([2H])([2H])C(C)C)cc(-c2c(C)ccc3c2oc2c([N+]#[C-])ccc(C([2H])([2H])[2H])c23)[n+]1C. The van der Waals surface area contributed by atoms with E-state index in [1.165, 1.54) is 18.2 Å². The summed E-state index contributed by atoms with van der Waals surface area (Å²) in [5.74, 6) is -0.307. The van der Waals surface area contributed by atoms with Crippen molar-refractivity contribution in [2.75, 3.05) is 0 Å². The molecule has 0 unspecified atom stereocenters. The molecule has 140 valence electrons. The quantitative estimate of drug-likeness (QED) is 0.298. The van der Waals surface area contributed by atoms with Gasteiger partial charge < -0.3 is 4.42 Å². The first-order valence-corrected chi connectivity index (χ1v) is 9.17. The number of nitrogens with zero attached hydrogens (tertiary/aromatic N) is 2. The molecule has 2 heterocycles. The number of furan rings is 1. The second-order valence-electron chi connectivity index (χ2n) is 7.30. The predicted molar refractivity (Wildman–Crippen MR) is 115 cm³/mol. The minimum Gasteiger partial charge on any atom is -0.466 e. The van der Waals surface area contributed by atoms with E-state index in [-0.39, 0.29) is 28.9 Å². The molecule has 0 fully saturated rings. The third-order valence-corrected chi connectivity index (χ3v) is 4.88. The summed E-state index contributed by atoms with van der Waals surface area (Å²) >= 11 is 0. The molecule has 0 atom stereocenters. The summed E-state index contributed by atoms with van der Waals surface area (Å²) in [7, 11) is 1.73. The minimum atomic E-state index is -2.40. The third-order valence-electron chi connectivity index (χ3n) is 4.88. The average molecular weight is 376 g/mol. The molecule has 3 heteroatoms. The molecule has 0 saturated carbocycles. The number of pyridine rings is 1. The molecule has 0 aliphatic rings. The van der Waals surface area contributed by atoms with Crippen LogP contribution in [0, 0.1) is 26.3 Å². The van der Waals surface area contributed by atoms with Crippen molar-refractivity contribution in [3.05, 3.63) is 70.7 Å². The van der Waals surface area contributed by atoms with Gasteiger partial charge >= 0.3 is 0 Å². The van der Waals surface area contributed by atoms with Gasteiger partial charge in [-0.05, 0) is 42.8 Å². The summed E-state index contributed by atoms with van der Waals surface area (Å²) in [6.07, 6.45) is -1.52. The van der Waals surface area contributed by atoms with Crippen molar-refractivity contribution in [2.24, 2.45) is 13.0 Å². The van der Waals surface area contributed by atoms with Gasteiger partial charge in [0.1, 0.15) is 19.6 Å². The van der Waals surface area contributed by atoms with Crippen LogP contribution in [0.4, 0.5) is 5.69 Å². The Kier molecular flexibility index (Phi) is 3.00. The zero-order chi connectivity index (χ0) is 25.2. The third kappa shape index (κ3) is 2.86. The number of aromatic nitrogens is 1. The van der Waals surface area contributed by atoms with Crippen LogP contribution in [-0.4, -0.2) is 0 Å². The first kappa shape index (κ1) is 12.4. The molecule has 0 aliphatic heterocycles. The van der Waals surface area contributed by atoms with E-state index in [1.54, 1.807) is 37.6 Å². The molecule has 0 aliphatic carbocycles. The second kappa shape index (κ2) is 6.80. The summed E-state index contributed by atoms with van der Waals surface area (Å²) < 4.78 is 57.5. The van der Waals surface area contributed by atoms with E-state index in [9.17, 15) is 0 Å². The number of fused-ring (bicyclic) bond motifs is 3. The zero-order valence-electron chi connectivity index (χ0n) is 22.3. The smallest absolute Gasteiger partial charge is 0.229 e. The maximum atomic E-state index is 8.56. The zero-order valence-corrected chi connectivity index (χ0v) is 16.3. The van der Waals surface area contributed by atoms with Crippen LogP contribution in [0.1, 0.15) is 38.8 Å². The lowest BCUT2D eigenvalue weighted by Gasteiger charge is -2.09. The molecule has 0 saturated heterocycles. The fraction of sp³-hybridized carbons (Fsp3) is 0.280. The topological polar surface area (TPSA) is 21.4 Å². The minimum absolute atomic E-state index is 0.110. The Balaban J connectivity index is 2.17. The van der Waals surface area contributed by atoms with Gasteiger partial charge in [0.05, 0.1) is 12.1 Å². The molecule has 0 spiro atoms. The van der Waals surface area contributed by atoms with Crippen LogP contribution in [-0.2, 0) is 13.4 Å². The highest BCUT2D eigenvalue weighted by molar-refractivity contribution is 6.14. The van der Waals surface area contributed by atoms with Crippen LogP contribution in [0.15, 0.2) is 47.0 Å². The Morgan fingerprint density at radius 1 is 1.21 bits per heavy atom. The lowest BCUT2D eigenvalue weighted by molar-refractivity contribution is -0.660. The van der Waals surface area contributed by atoms with Crippen molar-refractivity contribution in [2.45, 2.75) is 34.0 Å². The maximum absolute atomic E-state index is 8.56. The highest BCUT2D eigenvalue weighted by Crippen LogP contribution is 2.41. The maximum Gasteiger partial charge on any atom is 0.229 e. The first-order chi connectivity index (χ1) is 15.8. The Morgan fingerprint density at radius 2 is 2.00 bits per heavy atom. The fourth-order valence-electron chi connectivity index (χ4n) is 3.61. The average Bonchev–Trinajstić information content (AvgIpc) is 3.13. The Morgan fingerprint density at radius 3 is 2.71 bits per heavy atom. The number of benzene rings is 2. The molecule has 0 radical (unpaired) electrons. The first-order valence-electron chi connectivity index (χ1n) is 12.2. The molecule has 3 nitrogen and oxygen atoms in total. The van der Waals surface area contributed by atoms with Crippen LogP contribution in [0.5, 0.6) is 0 Å². The molecule has 4 aromatic rings. The normalized spacial score (nSPS) is 15.6. The van der Waals surface area contributed by atoms with Crippen molar-refractivity contribution < 1.29 is 17.2 Å². The molecule has 4 rings (SSSR count). The van der Waals surface area contributed by atoms with Gasteiger partial charge in [-0.1, -0.05) is 38.1 Å². The van der Waals surface area contributed by atoms with Gasteiger partial charge in [0.15, 0.2) is 6.17 Å². The van der Waals surface area contributed by atoms with Gasteiger partial charge in [-0.2, -0.15) is 0 Å². The summed E-state index contributed by atoms with van der Waals surface area (Å²) in [4.78, 5) is 3.53. The molecular weight excluding hydrogens is 344 g/mol. The van der Waals surface area contributed by atoms with Gasteiger partial charge in [-0.15, -0.1) is 0 Å². The summed E-state index contributed by atoms with van der Waals surface area (Å²) in [5.41, 5.74) is 3.38. The van der Waals surface area contributed by atoms with Gasteiger partial charge in [-0.3, -0.25) is 0 Å².